The van der Waals surface area contributed by atoms with Crippen LogP contribution in [0.2, 0.25) is 0 Å². The van der Waals surface area contributed by atoms with Crippen LogP contribution in [-0.2, 0) is 6.54 Å². The van der Waals surface area contributed by atoms with Gasteiger partial charge in [-0.3, -0.25) is 9.80 Å². The summed E-state index contributed by atoms with van der Waals surface area (Å²) in [7, 11) is 0. The first-order valence-corrected chi connectivity index (χ1v) is 13.4. The van der Waals surface area contributed by atoms with Crippen LogP contribution in [0.25, 0.3) is 0 Å². The third-order valence-corrected chi connectivity index (χ3v) is 7.75. The number of aryl methyl sites for hydroxylation is 1. The summed E-state index contributed by atoms with van der Waals surface area (Å²) in [5, 5.41) is 0. The van der Waals surface area contributed by atoms with Crippen molar-refractivity contribution in [3.8, 4) is 0 Å². The van der Waals surface area contributed by atoms with Crippen LogP contribution in [0, 0.1) is 6.92 Å². The first-order valence-electron chi connectivity index (χ1n) is 12.6. The lowest BCUT2D eigenvalue weighted by molar-refractivity contribution is 0.0314. The van der Waals surface area contributed by atoms with Gasteiger partial charge in [-0.2, -0.15) is 0 Å². The van der Waals surface area contributed by atoms with E-state index in [2.05, 4.69) is 96.4 Å². The van der Waals surface area contributed by atoms with Gasteiger partial charge in [0.15, 0.2) is 0 Å². The molecule has 0 spiro atoms. The highest BCUT2D eigenvalue weighted by molar-refractivity contribution is 9.10. The summed E-state index contributed by atoms with van der Waals surface area (Å²) in [4.78, 5) is 12.9. The Bertz CT molecular complexity index is 876. The zero-order valence-electron chi connectivity index (χ0n) is 21.6. The molecule has 3 rings (SSSR count). The van der Waals surface area contributed by atoms with E-state index < -0.39 is 0 Å². The highest BCUT2D eigenvalue weighted by Gasteiger charge is 2.34. The fraction of sp³-hybridized carbons (Fsp3) is 0.607. The Morgan fingerprint density at radius 1 is 1.12 bits per heavy atom. The van der Waals surface area contributed by atoms with Gasteiger partial charge in [-0.1, -0.05) is 40.6 Å². The Labute approximate surface area is 210 Å². The minimum Gasteiger partial charge on any atom is -0.354 e. The Hall–Kier alpha value is -1.43. The summed E-state index contributed by atoms with van der Waals surface area (Å²) >= 11 is 3.59. The van der Waals surface area contributed by atoms with E-state index in [0.29, 0.717) is 12.1 Å². The molecular weight excluding hydrogens is 472 g/mol. The number of benzene rings is 1. The van der Waals surface area contributed by atoms with Gasteiger partial charge in [0, 0.05) is 48.9 Å². The van der Waals surface area contributed by atoms with Crippen LogP contribution in [0.4, 0.5) is 0 Å². The highest BCUT2D eigenvalue weighted by atomic mass is 79.9. The molecular formula is C28H43BrN4. The number of hydrogen-bond acceptors (Lipinski definition) is 3. The van der Waals surface area contributed by atoms with Crippen molar-refractivity contribution in [1.82, 2.24) is 14.7 Å². The molecule has 1 unspecified atom stereocenters. The molecule has 4 nitrogen and oxygen atoms in total. The zero-order valence-corrected chi connectivity index (χ0v) is 23.2. The number of likely N-dealkylation sites (tertiary alicyclic amines) is 1. The third-order valence-electron chi connectivity index (χ3n) is 7.25. The fourth-order valence-corrected chi connectivity index (χ4v) is 5.62. The standard InChI is InChI=1S/C28H43BrN4/c1-7-22(5)28(30-18-21(3)4)32-15-16-33(26(8-2)20-32)27-11-13-31(14-12-27)19-24-9-10-25(29)17-23(24)6/h7,9-10,17-18,26-27H,8,11-16,19-20H2,1-6H3/b22-7-,30-28?. The van der Waals surface area contributed by atoms with Gasteiger partial charge in [0.25, 0.3) is 0 Å². The van der Waals surface area contributed by atoms with Crippen LogP contribution < -0.4 is 0 Å². The number of nitrogens with zero attached hydrogens (tertiary/aromatic N) is 4. The van der Waals surface area contributed by atoms with E-state index in [-0.39, 0.29) is 0 Å². The lowest BCUT2D eigenvalue weighted by atomic mass is 9.97. The van der Waals surface area contributed by atoms with Crippen molar-refractivity contribution in [1.29, 1.82) is 0 Å². The van der Waals surface area contributed by atoms with Crippen molar-refractivity contribution in [3.05, 3.63) is 57.2 Å². The number of aliphatic imine (C=N–C) groups is 1. The molecule has 2 aliphatic heterocycles. The van der Waals surface area contributed by atoms with Crippen LogP contribution in [0.1, 0.15) is 65.0 Å². The van der Waals surface area contributed by atoms with Crippen LogP contribution in [0.5, 0.6) is 0 Å². The molecule has 5 heteroatoms. The minimum atomic E-state index is 0.602. The van der Waals surface area contributed by atoms with Crippen LogP contribution >= 0.6 is 15.9 Å². The van der Waals surface area contributed by atoms with Gasteiger partial charge >= 0.3 is 0 Å². The molecule has 182 valence electrons. The topological polar surface area (TPSA) is 22.1 Å². The zero-order chi connectivity index (χ0) is 24.0. The molecule has 0 amide bonds. The van der Waals surface area contributed by atoms with Gasteiger partial charge < -0.3 is 4.90 Å². The normalized spacial score (nSPS) is 22.0. The maximum atomic E-state index is 4.87. The largest absolute Gasteiger partial charge is 0.354 e. The van der Waals surface area contributed by atoms with Crippen molar-refractivity contribution in [3.63, 3.8) is 0 Å². The third kappa shape index (κ3) is 7.03. The summed E-state index contributed by atoms with van der Waals surface area (Å²) in [5.74, 6) is 1.15. The maximum Gasteiger partial charge on any atom is 0.131 e. The summed E-state index contributed by atoms with van der Waals surface area (Å²) < 4.78 is 1.17. The predicted molar refractivity (Wildman–Crippen MR) is 146 cm³/mol. The van der Waals surface area contributed by atoms with E-state index >= 15 is 0 Å². The molecule has 1 aromatic carbocycles. The lowest BCUT2D eigenvalue weighted by Crippen LogP contribution is -2.59. The van der Waals surface area contributed by atoms with Crippen LogP contribution in [0.3, 0.4) is 0 Å². The molecule has 0 radical (unpaired) electrons. The molecule has 0 N–H and O–H groups in total. The molecule has 1 aromatic rings. The monoisotopic (exact) mass is 514 g/mol. The van der Waals surface area contributed by atoms with E-state index in [9.17, 15) is 0 Å². The van der Waals surface area contributed by atoms with Crippen LogP contribution in [0.15, 0.2) is 51.1 Å². The Morgan fingerprint density at radius 2 is 1.85 bits per heavy atom. The quantitative estimate of drug-likeness (QED) is 0.323. The Kier molecular flexibility index (Phi) is 9.78. The predicted octanol–water partition coefficient (Wildman–Crippen LogP) is 6.41. The lowest BCUT2D eigenvalue weighted by Gasteiger charge is -2.48. The van der Waals surface area contributed by atoms with Crippen molar-refractivity contribution >= 4 is 21.8 Å². The molecule has 2 heterocycles. The first-order chi connectivity index (χ1) is 15.8. The summed E-state index contributed by atoms with van der Waals surface area (Å²) in [6.07, 6.45) is 7.95. The smallest absolute Gasteiger partial charge is 0.131 e. The highest BCUT2D eigenvalue weighted by Crippen LogP contribution is 2.26. The van der Waals surface area contributed by atoms with Gasteiger partial charge in [-0.25, -0.2) is 4.99 Å². The van der Waals surface area contributed by atoms with E-state index in [1.54, 1.807) is 0 Å². The average Bonchev–Trinajstić information content (AvgIpc) is 2.81. The van der Waals surface area contributed by atoms with Crippen LogP contribution in [-0.4, -0.2) is 65.3 Å². The second-order valence-corrected chi connectivity index (χ2v) is 10.9. The van der Waals surface area contributed by atoms with Crippen molar-refractivity contribution < 1.29 is 0 Å². The van der Waals surface area contributed by atoms with Gasteiger partial charge in [0.05, 0.1) is 0 Å². The number of hydrogen-bond donors (Lipinski definition) is 0. The minimum absolute atomic E-state index is 0.602. The number of piperazine rings is 1. The number of piperidine rings is 1. The summed E-state index contributed by atoms with van der Waals surface area (Å²) in [6, 6.07) is 7.99. The van der Waals surface area contributed by atoms with Crippen molar-refractivity contribution in [2.45, 2.75) is 79.4 Å². The molecule has 1 atom stereocenters. The molecule has 2 fully saturated rings. The molecule has 2 aliphatic rings. The van der Waals surface area contributed by atoms with E-state index in [4.69, 9.17) is 4.99 Å². The molecule has 0 aromatic heterocycles. The number of amidine groups is 1. The van der Waals surface area contributed by atoms with Gasteiger partial charge in [-0.05, 0) is 95.8 Å². The SMILES string of the molecule is C/C=C(/C)C(=NC=C(C)C)N1CCN(C2CCN(Cc3ccc(Br)cc3C)CC2)C(CC)C1. The maximum absolute atomic E-state index is 4.87. The first kappa shape index (κ1) is 26.2. The number of allylic oxidation sites excluding steroid dienone is 2. The summed E-state index contributed by atoms with van der Waals surface area (Å²) in [6.45, 7) is 19.9. The number of halogens is 1. The second kappa shape index (κ2) is 12.3. The molecule has 2 saturated heterocycles. The average molecular weight is 516 g/mol. The van der Waals surface area contributed by atoms with E-state index in [1.807, 2.05) is 6.20 Å². The fourth-order valence-electron chi connectivity index (χ4n) is 5.14. The second-order valence-electron chi connectivity index (χ2n) is 9.95. The molecule has 0 aliphatic carbocycles. The van der Waals surface area contributed by atoms with Gasteiger partial charge in [0.1, 0.15) is 5.84 Å². The van der Waals surface area contributed by atoms with Crippen molar-refractivity contribution in [2.24, 2.45) is 4.99 Å². The molecule has 0 saturated carbocycles. The summed E-state index contributed by atoms with van der Waals surface area (Å²) in [5.41, 5.74) is 5.36. The number of rotatable bonds is 6. The van der Waals surface area contributed by atoms with E-state index in [1.165, 1.54) is 59.1 Å². The van der Waals surface area contributed by atoms with Gasteiger partial charge in [0.2, 0.25) is 0 Å². The van der Waals surface area contributed by atoms with E-state index in [0.717, 1.165) is 32.0 Å². The van der Waals surface area contributed by atoms with Crippen molar-refractivity contribution in [2.75, 3.05) is 32.7 Å². The molecule has 0 bridgehead atoms. The molecule has 33 heavy (non-hydrogen) atoms. The Balaban J connectivity index is 1.60. The van der Waals surface area contributed by atoms with Gasteiger partial charge in [-0.15, -0.1) is 0 Å². The Morgan fingerprint density at radius 3 is 2.45 bits per heavy atom.